The van der Waals surface area contributed by atoms with Gasteiger partial charge >= 0.3 is 0 Å². The highest BCUT2D eigenvalue weighted by Gasteiger charge is 2.24. The molecule has 2 aromatic rings. The summed E-state index contributed by atoms with van der Waals surface area (Å²) < 4.78 is 7.62. The fourth-order valence-electron chi connectivity index (χ4n) is 2.40. The van der Waals surface area contributed by atoms with Gasteiger partial charge < -0.3 is 15.4 Å². The Hall–Kier alpha value is -1.93. The Kier molecular flexibility index (Phi) is 3.89. The number of nitrogens with zero attached hydrogens (tertiary/aromatic N) is 5. The molecule has 0 saturated carbocycles. The smallest absolute Gasteiger partial charge is 0.228 e. The molecule has 1 fully saturated rings. The summed E-state index contributed by atoms with van der Waals surface area (Å²) in [5.74, 6) is 1.62. The zero-order chi connectivity index (χ0) is 14.8. The largest absolute Gasteiger partial charge is 0.375 e. The zero-order valence-electron chi connectivity index (χ0n) is 11.9. The second-order valence-corrected chi connectivity index (χ2v) is 5.98. The summed E-state index contributed by atoms with van der Waals surface area (Å²) in [5, 5.41) is 9.20. The van der Waals surface area contributed by atoms with E-state index in [-0.39, 0.29) is 6.10 Å². The van der Waals surface area contributed by atoms with Crippen molar-refractivity contribution in [2.75, 3.05) is 30.3 Å². The first-order chi connectivity index (χ1) is 10.2. The molecule has 7 nitrogen and oxygen atoms in total. The van der Waals surface area contributed by atoms with Gasteiger partial charge in [0.25, 0.3) is 0 Å². The van der Waals surface area contributed by atoms with Crippen LogP contribution in [0.2, 0.25) is 0 Å². The van der Waals surface area contributed by atoms with Crippen molar-refractivity contribution < 1.29 is 4.74 Å². The predicted molar refractivity (Wildman–Crippen MR) is 83.4 cm³/mol. The van der Waals surface area contributed by atoms with Crippen LogP contribution in [0.1, 0.15) is 6.92 Å². The lowest BCUT2D eigenvalue weighted by Gasteiger charge is -2.31. The Morgan fingerprint density at radius 2 is 2.43 bits per heavy atom. The van der Waals surface area contributed by atoms with Gasteiger partial charge in [-0.3, -0.25) is 4.57 Å². The van der Waals surface area contributed by atoms with E-state index in [1.165, 1.54) is 11.3 Å². The van der Waals surface area contributed by atoms with Crippen LogP contribution in [-0.4, -0.2) is 45.5 Å². The molecule has 3 heterocycles. The summed E-state index contributed by atoms with van der Waals surface area (Å²) in [4.78, 5) is 7.19. The van der Waals surface area contributed by atoms with Gasteiger partial charge in [0.2, 0.25) is 5.95 Å². The number of thiazole rings is 1. The Morgan fingerprint density at radius 3 is 3.10 bits per heavy atom. The highest BCUT2D eigenvalue weighted by Crippen LogP contribution is 2.29. The average molecular weight is 306 g/mol. The average Bonchev–Trinajstić information content (AvgIpc) is 3.05. The first-order valence-corrected chi connectivity index (χ1v) is 7.63. The maximum absolute atomic E-state index is 5.71. The molecular formula is C13H18N6OS. The SMILES string of the molecule is C=CCn1c(-c2cnc(N)s2)nnc1N1CCOC(C)C1. The lowest BCUT2D eigenvalue weighted by molar-refractivity contribution is 0.0524. The highest BCUT2D eigenvalue weighted by atomic mass is 32.1. The first-order valence-electron chi connectivity index (χ1n) is 6.81. The van der Waals surface area contributed by atoms with E-state index in [0.717, 1.165) is 29.7 Å². The zero-order valence-corrected chi connectivity index (χ0v) is 12.7. The summed E-state index contributed by atoms with van der Waals surface area (Å²) in [7, 11) is 0. The van der Waals surface area contributed by atoms with Crippen molar-refractivity contribution in [1.29, 1.82) is 0 Å². The minimum Gasteiger partial charge on any atom is -0.375 e. The Labute approximate surface area is 127 Å². The van der Waals surface area contributed by atoms with Crippen LogP contribution < -0.4 is 10.6 Å². The van der Waals surface area contributed by atoms with Gasteiger partial charge in [0.15, 0.2) is 11.0 Å². The topological polar surface area (TPSA) is 82.1 Å². The number of ether oxygens (including phenoxy) is 1. The molecule has 8 heteroatoms. The van der Waals surface area contributed by atoms with Crippen LogP contribution in [0.5, 0.6) is 0 Å². The van der Waals surface area contributed by atoms with E-state index in [1.807, 2.05) is 10.6 Å². The second kappa shape index (κ2) is 5.82. The van der Waals surface area contributed by atoms with Gasteiger partial charge in [0.1, 0.15) is 0 Å². The third kappa shape index (κ3) is 2.77. The summed E-state index contributed by atoms with van der Waals surface area (Å²) in [6.07, 6.45) is 3.76. The van der Waals surface area contributed by atoms with Gasteiger partial charge in [-0.2, -0.15) is 0 Å². The predicted octanol–water partition coefficient (Wildman–Crippen LogP) is 1.39. The molecule has 0 aromatic carbocycles. The lowest BCUT2D eigenvalue weighted by atomic mass is 10.3. The standard InChI is InChI=1S/C13H18N6OS/c1-3-4-19-11(10-7-15-12(14)21-10)16-17-13(19)18-5-6-20-9(2)8-18/h3,7,9H,1,4-6,8H2,2H3,(H2,14,15). The van der Waals surface area contributed by atoms with Gasteiger partial charge in [-0.15, -0.1) is 16.8 Å². The number of nitrogen functional groups attached to an aromatic ring is 1. The monoisotopic (exact) mass is 306 g/mol. The molecule has 1 atom stereocenters. The van der Waals surface area contributed by atoms with E-state index in [9.17, 15) is 0 Å². The van der Waals surface area contributed by atoms with E-state index >= 15 is 0 Å². The fraction of sp³-hybridized carbons (Fsp3) is 0.462. The van der Waals surface area contributed by atoms with Crippen molar-refractivity contribution in [2.24, 2.45) is 0 Å². The van der Waals surface area contributed by atoms with E-state index in [4.69, 9.17) is 10.5 Å². The van der Waals surface area contributed by atoms with Crippen molar-refractivity contribution in [3.05, 3.63) is 18.9 Å². The molecule has 1 unspecified atom stereocenters. The molecule has 21 heavy (non-hydrogen) atoms. The molecule has 3 rings (SSSR count). The molecule has 1 aliphatic rings. The molecule has 1 aliphatic heterocycles. The molecule has 0 spiro atoms. The first kappa shape index (κ1) is 14.0. The van der Waals surface area contributed by atoms with Crippen LogP contribution in [0.25, 0.3) is 10.7 Å². The fourth-order valence-corrected chi connectivity index (χ4v) is 3.08. The van der Waals surface area contributed by atoms with Crippen LogP contribution >= 0.6 is 11.3 Å². The van der Waals surface area contributed by atoms with Crippen molar-refractivity contribution >= 4 is 22.4 Å². The summed E-state index contributed by atoms with van der Waals surface area (Å²) in [5.41, 5.74) is 5.71. The van der Waals surface area contributed by atoms with E-state index in [2.05, 4.69) is 33.6 Å². The normalized spacial score (nSPS) is 18.9. The van der Waals surface area contributed by atoms with Crippen LogP contribution in [0, 0.1) is 0 Å². The molecule has 2 aromatic heterocycles. The highest BCUT2D eigenvalue weighted by molar-refractivity contribution is 7.18. The quantitative estimate of drug-likeness (QED) is 0.860. The second-order valence-electron chi connectivity index (χ2n) is 4.91. The van der Waals surface area contributed by atoms with E-state index in [1.54, 1.807) is 6.20 Å². The molecule has 0 aliphatic carbocycles. The van der Waals surface area contributed by atoms with Crippen molar-refractivity contribution in [2.45, 2.75) is 19.6 Å². The third-order valence-corrected chi connectivity index (χ3v) is 4.13. The number of anilines is 2. The minimum atomic E-state index is 0.190. The van der Waals surface area contributed by atoms with Crippen LogP contribution in [-0.2, 0) is 11.3 Å². The molecule has 2 N–H and O–H groups in total. The van der Waals surface area contributed by atoms with Crippen molar-refractivity contribution in [3.63, 3.8) is 0 Å². The number of hydrogen-bond acceptors (Lipinski definition) is 7. The number of hydrogen-bond donors (Lipinski definition) is 1. The Bertz CT molecular complexity index is 636. The minimum absolute atomic E-state index is 0.190. The van der Waals surface area contributed by atoms with Crippen LogP contribution in [0.3, 0.4) is 0 Å². The molecule has 1 saturated heterocycles. The molecule has 0 amide bonds. The van der Waals surface area contributed by atoms with Gasteiger partial charge in [0.05, 0.1) is 23.8 Å². The molecule has 0 bridgehead atoms. The number of morpholine rings is 1. The molecule has 112 valence electrons. The number of nitrogens with two attached hydrogens (primary N) is 1. The Morgan fingerprint density at radius 1 is 1.57 bits per heavy atom. The van der Waals surface area contributed by atoms with Crippen LogP contribution in [0.4, 0.5) is 11.1 Å². The van der Waals surface area contributed by atoms with Gasteiger partial charge in [-0.1, -0.05) is 17.4 Å². The molecular weight excluding hydrogens is 288 g/mol. The summed E-state index contributed by atoms with van der Waals surface area (Å²) >= 11 is 1.41. The lowest BCUT2D eigenvalue weighted by Crippen LogP contribution is -2.42. The number of allylic oxidation sites excluding steroid dienone is 1. The van der Waals surface area contributed by atoms with Gasteiger partial charge in [-0.05, 0) is 6.92 Å². The van der Waals surface area contributed by atoms with Gasteiger partial charge in [-0.25, -0.2) is 4.98 Å². The van der Waals surface area contributed by atoms with E-state index < -0.39 is 0 Å². The van der Waals surface area contributed by atoms with Gasteiger partial charge in [0, 0.05) is 19.6 Å². The number of aromatic nitrogens is 4. The third-order valence-electron chi connectivity index (χ3n) is 3.31. The summed E-state index contributed by atoms with van der Waals surface area (Å²) in [6, 6.07) is 0. The van der Waals surface area contributed by atoms with Crippen molar-refractivity contribution in [3.8, 4) is 10.7 Å². The maximum Gasteiger partial charge on any atom is 0.228 e. The Balaban J connectivity index is 1.97. The summed E-state index contributed by atoms with van der Waals surface area (Å²) in [6.45, 7) is 8.84. The number of rotatable bonds is 4. The molecule has 0 radical (unpaired) electrons. The van der Waals surface area contributed by atoms with Crippen LogP contribution in [0.15, 0.2) is 18.9 Å². The maximum atomic E-state index is 5.71. The van der Waals surface area contributed by atoms with Crippen molar-refractivity contribution in [1.82, 2.24) is 19.7 Å². The van der Waals surface area contributed by atoms with E-state index in [0.29, 0.717) is 18.3 Å².